The molecule has 0 spiro atoms. The van der Waals surface area contributed by atoms with Gasteiger partial charge in [0.1, 0.15) is 0 Å². The van der Waals surface area contributed by atoms with Crippen LogP contribution in [0.1, 0.15) is 10.4 Å². The zero-order valence-electron chi connectivity index (χ0n) is 14.2. The van der Waals surface area contributed by atoms with E-state index in [1.165, 1.54) is 31.4 Å². The highest BCUT2D eigenvalue weighted by atomic mass is 32.1. The van der Waals surface area contributed by atoms with Crippen molar-refractivity contribution in [3.05, 3.63) is 59.0 Å². The van der Waals surface area contributed by atoms with Crippen molar-refractivity contribution in [2.24, 2.45) is 0 Å². The van der Waals surface area contributed by atoms with Crippen molar-refractivity contribution < 1.29 is 31.8 Å². The number of alkyl halides is 2. The van der Waals surface area contributed by atoms with Gasteiger partial charge in [0.2, 0.25) is 0 Å². The largest absolute Gasteiger partial charge is 0.493 e. The van der Waals surface area contributed by atoms with Gasteiger partial charge in [-0.3, -0.25) is 10.1 Å². The quantitative estimate of drug-likeness (QED) is 0.582. The van der Waals surface area contributed by atoms with E-state index < -0.39 is 24.2 Å². The molecule has 0 atom stereocenters. The van der Waals surface area contributed by atoms with E-state index in [1.807, 2.05) is 0 Å². The number of carbonyl (C=O) groups excluding carboxylic acids is 1. The molecule has 1 N–H and O–H groups in total. The predicted molar refractivity (Wildman–Crippen MR) is 95.0 cm³/mol. The van der Waals surface area contributed by atoms with Crippen LogP contribution in [0, 0.1) is 11.6 Å². The van der Waals surface area contributed by atoms with Gasteiger partial charge in [0.05, 0.1) is 12.8 Å². The molecule has 0 radical (unpaired) electrons. The highest BCUT2D eigenvalue weighted by Crippen LogP contribution is 2.30. The van der Waals surface area contributed by atoms with Gasteiger partial charge in [0, 0.05) is 16.5 Å². The van der Waals surface area contributed by atoms with E-state index in [1.54, 1.807) is 5.38 Å². The standard InChI is InChI=1S/C18H12F4N2O3S/c1-26-15-7-10(3-5-14(15)27-17(21)22)16(25)24-18-23-13(8-28-18)9-2-4-11(19)12(20)6-9/h2-8,17H,1H3,(H,23,24,25). The molecule has 0 aliphatic carbocycles. The fourth-order valence-corrected chi connectivity index (χ4v) is 3.01. The topological polar surface area (TPSA) is 60.5 Å². The van der Waals surface area contributed by atoms with Crippen molar-refractivity contribution in [1.29, 1.82) is 0 Å². The summed E-state index contributed by atoms with van der Waals surface area (Å²) in [5.74, 6) is -2.78. The Hall–Kier alpha value is -3.14. The zero-order chi connectivity index (χ0) is 20.3. The summed E-state index contributed by atoms with van der Waals surface area (Å²) in [7, 11) is 1.25. The first kappa shape index (κ1) is 19.6. The van der Waals surface area contributed by atoms with Crippen molar-refractivity contribution in [2.75, 3.05) is 12.4 Å². The second kappa shape index (κ2) is 8.26. The summed E-state index contributed by atoms with van der Waals surface area (Å²) >= 11 is 1.08. The number of halogens is 4. The van der Waals surface area contributed by atoms with Crippen LogP contribution >= 0.6 is 11.3 Å². The van der Waals surface area contributed by atoms with Gasteiger partial charge in [-0.05, 0) is 36.4 Å². The molecule has 28 heavy (non-hydrogen) atoms. The maximum absolute atomic E-state index is 13.3. The van der Waals surface area contributed by atoms with Crippen LogP contribution in [0.4, 0.5) is 22.7 Å². The molecular formula is C18H12F4N2O3S. The molecule has 0 saturated carbocycles. The Morgan fingerprint density at radius 1 is 1.11 bits per heavy atom. The van der Waals surface area contributed by atoms with Crippen molar-refractivity contribution in [3.8, 4) is 22.8 Å². The normalized spacial score (nSPS) is 10.8. The van der Waals surface area contributed by atoms with Crippen LogP contribution in [-0.4, -0.2) is 24.6 Å². The highest BCUT2D eigenvalue weighted by Gasteiger charge is 2.16. The number of aromatic nitrogens is 1. The van der Waals surface area contributed by atoms with E-state index in [9.17, 15) is 22.4 Å². The Morgan fingerprint density at radius 3 is 2.57 bits per heavy atom. The average Bonchev–Trinajstić information content (AvgIpc) is 3.12. The number of anilines is 1. The van der Waals surface area contributed by atoms with Crippen molar-refractivity contribution in [1.82, 2.24) is 4.98 Å². The third kappa shape index (κ3) is 4.39. The van der Waals surface area contributed by atoms with Crippen LogP contribution in [0.5, 0.6) is 11.5 Å². The molecule has 0 bridgehead atoms. The van der Waals surface area contributed by atoms with Gasteiger partial charge in [-0.15, -0.1) is 11.3 Å². The summed E-state index contributed by atoms with van der Waals surface area (Å²) in [5, 5.41) is 4.33. The predicted octanol–water partition coefficient (Wildman–Crippen LogP) is 4.95. The number of methoxy groups -OCH3 is 1. The summed E-state index contributed by atoms with van der Waals surface area (Å²) in [6.45, 7) is -3.03. The first-order chi connectivity index (χ1) is 13.4. The molecule has 0 aliphatic heterocycles. The Morgan fingerprint density at radius 2 is 1.89 bits per heavy atom. The smallest absolute Gasteiger partial charge is 0.387 e. The number of hydrogen-bond donors (Lipinski definition) is 1. The lowest BCUT2D eigenvalue weighted by atomic mass is 10.2. The van der Waals surface area contributed by atoms with Gasteiger partial charge in [0.15, 0.2) is 28.3 Å². The molecule has 146 valence electrons. The van der Waals surface area contributed by atoms with Crippen LogP contribution in [0.3, 0.4) is 0 Å². The Kier molecular flexibility index (Phi) is 5.78. The van der Waals surface area contributed by atoms with E-state index in [4.69, 9.17) is 4.74 Å². The molecule has 1 aromatic heterocycles. The number of nitrogens with zero attached hydrogens (tertiary/aromatic N) is 1. The summed E-state index contributed by atoms with van der Waals surface area (Å²) in [6.07, 6.45) is 0. The van der Waals surface area contributed by atoms with Gasteiger partial charge in [-0.1, -0.05) is 0 Å². The molecule has 3 aromatic rings. The van der Waals surface area contributed by atoms with Gasteiger partial charge in [-0.25, -0.2) is 13.8 Å². The third-order valence-electron chi connectivity index (χ3n) is 3.58. The van der Waals surface area contributed by atoms with E-state index in [2.05, 4.69) is 15.0 Å². The van der Waals surface area contributed by atoms with Crippen LogP contribution in [0.2, 0.25) is 0 Å². The van der Waals surface area contributed by atoms with Gasteiger partial charge < -0.3 is 9.47 Å². The molecule has 0 aliphatic rings. The molecule has 1 heterocycles. The first-order valence-electron chi connectivity index (χ1n) is 7.72. The minimum absolute atomic E-state index is 0.0328. The molecule has 0 fully saturated rings. The summed E-state index contributed by atoms with van der Waals surface area (Å²) in [5.41, 5.74) is 0.839. The monoisotopic (exact) mass is 412 g/mol. The van der Waals surface area contributed by atoms with E-state index in [-0.39, 0.29) is 22.2 Å². The zero-order valence-corrected chi connectivity index (χ0v) is 15.0. The lowest BCUT2D eigenvalue weighted by molar-refractivity contribution is -0.0512. The maximum Gasteiger partial charge on any atom is 0.387 e. The second-order valence-electron chi connectivity index (χ2n) is 5.37. The van der Waals surface area contributed by atoms with Gasteiger partial charge in [0.25, 0.3) is 5.91 Å². The van der Waals surface area contributed by atoms with Crippen molar-refractivity contribution >= 4 is 22.4 Å². The molecule has 3 rings (SSSR count). The first-order valence-corrected chi connectivity index (χ1v) is 8.60. The van der Waals surface area contributed by atoms with E-state index in [0.717, 1.165) is 23.5 Å². The van der Waals surface area contributed by atoms with Gasteiger partial charge in [-0.2, -0.15) is 8.78 Å². The molecule has 5 nitrogen and oxygen atoms in total. The number of nitrogens with one attached hydrogen (secondary N) is 1. The average molecular weight is 412 g/mol. The minimum atomic E-state index is -3.03. The van der Waals surface area contributed by atoms with Crippen molar-refractivity contribution in [2.45, 2.75) is 6.61 Å². The lowest BCUT2D eigenvalue weighted by Gasteiger charge is -2.11. The fraction of sp³-hybridized carbons (Fsp3) is 0.111. The van der Waals surface area contributed by atoms with Crippen LogP contribution in [-0.2, 0) is 0 Å². The summed E-state index contributed by atoms with van der Waals surface area (Å²) in [6, 6.07) is 7.08. The van der Waals surface area contributed by atoms with Crippen LogP contribution < -0.4 is 14.8 Å². The Labute approximate surface area is 160 Å². The molecule has 0 saturated heterocycles. The summed E-state index contributed by atoms with van der Waals surface area (Å²) in [4.78, 5) is 16.5. The molecule has 2 aromatic carbocycles. The van der Waals surface area contributed by atoms with Crippen LogP contribution in [0.15, 0.2) is 41.8 Å². The number of benzene rings is 2. The second-order valence-corrected chi connectivity index (χ2v) is 6.22. The maximum atomic E-state index is 13.3. The number of carbonyl (C=O) groups is 1. The fourth-order valence-electron chi connectivity index (χ4n) is 2.29. The number of thiazole rings is 1. The number of amides is 1. The Balaban J connectivity index is 1.76. The highest BCUT2D eigenvalue weighted by molar-refractivity contribution is 7.14. The van der Waals surface area contributed by atoms with E-state index >= 15 is 0 Å². The minimum Gasteiger partial charge on any atom is -0.493 e. The van der Waals surface area contributed by atoms with Crippen LogP contribution in [0.25, 0.3) is 11.3 Å². The molecule has 1 amide bonds. The van der Waals surface area contributed by atoms with E-state index in [0.29, 0.717) is 11.3 Å². The lowest BCUT2D eigenvalue weighted by Crippen LogP contribution is -2.12. The SMILES string of the molecule is COc1cc(C(=O)Nc2nc(-c3ccc(F)c(F)c3)cs2)ccc1OC(F)F. The number of hydrogen-bond acceptors (Lipinski definition) is 5. The Bertz CT molecular complexity index is 1010. The number of ether oxygens (including phenoxy) is 2. The van der Waals surface area contributed by atoms with Crippen molar-refractivity contribution in [3.63, 3.8) is 0 Å². The number of rotatable bonds is 6. The molecular weight excluding hydrogens is 400 g/mol. The third-order valence-corrected chi connectivity index (χ3v) is 4.34. The molecule has 10 heteroatoms. The van der Waals surface area contributed by atoms with Gasteiger partial charge >= 0.3 is 6.61 Å². The molecule has 0 unspecified atom stereocenters. The summed E-state index contributed by atoms with van der Waals surface area (Å²) < 4.78 is 60.4.